The van der Waals surface area contributed by atoms with Crippen LogP contribution in [-0.4, -0.2) is 19.3 Å². The first-order chi connectivity index (χ1) is 8.70. The summed E-state index contributed by atoms with van der Waals surface area (Å²) in [4.78, 5) is 0. The first-order valence-electron chi connectivity index (χ1n) is 5.67. The molecule has 1 aliphatic heterocycles. The lowest BCUT2D eigenvalue weighted by Gasteiger charge is -2.15. The Hall–Kier alpha value is -0.0400. The summed E-state index contributed by atoms with van der Waals surface area (Å²) < 4.78 is 4.75. The highest BCUT2D eigenvalue weighted by Gasteiger charge is 2.67. The number of hydrogen-bond donors (Lipinski definition) is 1. The minimum absolute atomic E-state index is 0.118. The van der Waals surface area contributed by atoms with Gasteiger partial charge >= 0.3 is 0 Å². The van der Waals surface area contributed by atoms with Crippen molar-refractivity contribution in [1.29, 1.82) is 0 Å². The monoisotopic (exact) mass is 396 g/mol. The van der Waals surface area contributed by atoms with Gasteiger partial charge in [-0.3, -0.25) is 0 Å². The predicted molar refractivity (Wildman–Crippen MR) is 81.6 cm³/mol. The zero-order chi connectivity index (χ0) is 12.8. The van der Waals surface area contributed by atoms with Crippen LogP contribution in [0.1, 0.15) is 5.56 Å². The third-order valence-electron chi connectivity index (χ3n) is 4.08. The lowest BCUT2D eigenvalue weighted by Crippen LogP contribution is -2.23. The zero-order valence-corrected chi connectivity index (χ0v) is 13.0. The van der Waals surface area contributed by atoms with Crippen molar-refractivity contribution in [2.75, 3.05) is 13.1 Å². The molecule has 18 heavy (non-hydrogen) atoms. The molecular formula is C12H11Cl2IN2O. The second-order valence-corrected chi connectivity index (χ2v) is 5.96. The van der Waals surface area contributed by atoms with Gasteiger partial charge in [0.05, 0.1) is 10.0 Å². The first kappa shape index (κ1) is 13.0. The third-order valence-corrected chi connectivity index (χ3v) is 5.05. The van der Waals surface area contributed by atoms with Gasteiger partial charge in [-0.25, -0.2) is 0 Å². The summed E-state index contributed by atoms with van der Waals surface area (Å²) in [5.41, 5.74) is 1.35. The Morgan fingerprint density at radius 3 is 3.00 bits per heavy atom. The van der Waals surface area contributed by atoms with E-state index < -0.39 is 0 Å². The highest BCUT2D eigenvalue weighted by atomic mass is 127. The highest BCUT2D eigenvalue weighted by Crippen LogP contribution is 2.61. The molecule has 6 heteroatoms. The minimum Gasteiger partial charge on any atom is -0.327 e. The number of nitrogens with zero attached hydrogens (tertiary/aromatic N) is 1. The number of nitrogens with one attached hydrogen (secondary N) is 1. The van der Waals surface area contributed by atoms with Crippen LogP contribution >= 0.6 is 46.2 Å². The van der Waals surface area contributed by atoms with E-state index in [2.05, 4.69) is 16.5 Å². The number of rotatable bonds is 3. The molecule has 3 nitrogen and oxygen atoms in total. The van der Waals surface area contributed by atoms with Crippen LogP contribution in [0.5, 0.6) is 0 Å². The summed E-state index contributed by atoms with van der Waals surface area (Å²) in [6, 6.07) is 5.90. The van der Waals surface area contributed by atoms with Crippen LogP contribution < -0.4 is 5.32 Å². The number of hydrogen-bond acceptors (Lipinski definition) is 3. The Labute approximate surface area is 130 Å². The van der Waals surface area contributed by atoms with Crippen LogP contribution in [0.2, 0.25) is 10.0 Å². The molecule has 0 bridgehead atoms. The fraction of sp³-hybridized carbons (Fsp3) is 0.417. The van der Waals surface area contributed by atoms with Crippen molar-refractivity contribution in [1.82, 2.24) is 5.32 Å². The molecule has 0 spiro atoms. The van der Waals surface area contributed by atoms with E-state index in [0.717, 1.165) is 13.1 Å². The van der Waals surface area contributed by atoms with Crippen LogP contribution in [0.25, 0.3) is 0 Å². The van der Waals surface area contributed by atoms with Gasteiger partial charge in [0.15, 0.2) is 0 Å². The van der Waals surface area contributed by atoms with E-state index in [9.17, 15) is 0 Å². The molecule has 1 aliphatic carbocycles. The van der Waals surface area contributed by atoms with E-state index in [-0.39, 0.29) is 5.41 Å². The summed E-state index contributed by atoms with van der Waals surface area (Å²) in [5.74, 6) is 0.996. The van der Waals surface area contributed by atoms with Crippen LogP contribution in [0.15, 0.2) is 23.4 Å². The van der Waals surface area contributed by atoms with Gasteiger partial charge in [-0.15, -0.1) is 0 Å². The van der Waals surface area contributed by atoms with Gasteiger partial charge in [-0.2, -0.15) is 0 Å². The summed E-state index contributed by atoms with van der Waals surface area (Å²) in [5, 5.41) is 8.53. The Kier molecular flexibility index (Phi) is 3.47. The quantitative estimate of drug-likeness (QED) is 0.482. The van der Waals surface area contributed by atoms with Gasteiger partial charge in [-0.05, 0) is 30.2 Å². The molecular weight excluding hydrogens is 386 g/mol. The van der Waals surface area contributed by atoms with E-state index in [4.69, 9.17) is 26.4 Å². The molecule has 2 aliphatic rings. The van der Waals surface area contributed by atoms with Gasteiger partial charge in [0, 0.05) is 24.1 Å². The fourth-order valence-corrected chi connectivity index (χ4v) is 3.59. The van der Waals surface area contributed by atoms with E-state index in [1.165, 1.54) is 5.56 Å². The molecule has 0 radical (unpaired) electrons. The van der Waals surface area contributed by atoms with Gasteiger partial charge in [0.25, 0.3) is 0 Å². The summed E-state index contributed by atoms with van der Waals surface area (Å²) >= 11 is 13.9. The molecule has 1 aromatic rings. The largest absolute Gasteiger partial charge is 0.327 e. The molecule has 0 aromatic heterocycles. The molecule has 3 atom stereocenters. The van der Waals surface area contributed by atoms with Gasteiger partial charge in [0.1, 0.15) is 0 Å². The van der Waals surface area contributed by atoms with Crippen LogP contribution in [0, 0.1) is 11.8 Å². The minimum atomic E-state index is 0.118. The van der Waals surface area contributed by atoms with Crippen molar-refractivity contribution in [2.24, 2.45) is 17.0 Å². The fourth-order valence-electron chi connectivity index (χ4n) is 3.16. The SMILES string of the molecule is Clc1ccc(C23CNCC2C3/C=N\OI)cc1Cl. The molecule has 1 heterocycles. The third kappa shape index (κ3) is 1.85. The topological polar surface area (TPSA) is 33.6 Å². The number of halogens is 3. The van der Waals surface area contributed by atoms with E-state index in [1.807, 2.05) is 18.3 Å². The van der Waals surface area contributed by atoms with Crippen LogP contribution in [0.4, 0.5) is 0 Å². The molecule has 96 valence electrons. The average Bonchev–Trinajstić information content (AvgIpc) is 2.77. The number of benzene rings is 1. The lowest BCUT2D eigenvalue weighted by atomic mass is 9.93. The smallest absolute Gasteiger partial charge is 0.230 e. The highest BCUT2D eigenvalue weighted by molar-refractivity contribution is 14.1. The average molecular weight is 397 g/mol. The molecule has 3 unspecified atom stereocenters. The maximum Gasteiger partial charge on any atom is 0.230 e. The number of oxime groups is 1. The first-order valence-corrected chi connectivity index (χ1v) is 7.31. The molecule has 1 N–H and O–H groups in total. The van der Waals surface area contributed by atoms with Gasteiger partial charge in [-0.1, -0.05) is 34.4 Å². The number of fused-ring (bicyclic) bond motifs is 1. The Morgan fingerprint density at radius 1 is 1.44 bits per heavy atom. The van der Waals surface area contributed by atoms with Crippen molar-refractivity contribution < 1.29 is 3.17 Å². The Balaban J connectivity index is 1.94. The lowest BCUT2D eigenvalue weighted by molar-refractivity contribution is 0.462. The molecule has 3 rings (SSSR count). The van der Waals surface area contributed by atoms with Crippen LogP contribution in [-0.2, 0) is 8.58 Å². The molecule has 2 fully saturated rings. The number of piperidine rings is 1. The maximum absolute atomic E-state index is 6.11. The van der Waals surface area contributed by atoms with Crippen molar-refractivity contribution in [2.45, 2.75) is 5.41 Å². The second-order valence-electron chi connectivity index (χ2n) is 4.76. The molecule has 1 saturated carbocycles. The van der Waals surface area contributed by atoms with Gasteiger partial charge in [0.2, 0.25) is 23.0 Å². The van der Waals surface area contributed by atoms with Crippen molar-refractivity contribution in [3.63, 3.8) is 0 Å². The maximum atomic E-state index is 6.11. The normalized spacial score (nSPS) is 33.7. The summed E-state index contributed by atoms with van der Waals surface area (Å²) in [6.45, 7) is 1.96. The predicted octanol–water partition coefficient (Wildman–Crippen LogP) is 3.43. The molecule has 1 aromatic carbocycles. The Morgan fingerprint density at radius 2 is 2.28 bits per heavy atom. The molecule has 1 saturated heterocycles. The zero-order valence-electron chi connectivity index (χ0n) is 9.37. The van der Waals surface area contributed by atoms with Gasteiger partial charge < -0.3 is 8.48 Å². The molecule has 0 amide bonds. The Bertz CT molecular complexity index is 511. The van der Waals surface area contributed by atoms with E-state index >= 15 is 0 Å². The second kappa shape index (κ2) is 4.81. The van der Waals surface area contributed by atoms with Crippen molar-refractivity contribution >= 4 is 52.4 Å². The van der Waals surface area contributed by atoms with Crippen molar-refractivity contribution in [3.8, 4) is 0 Å². The van der Waals surface area contributed by atoms with E-state index in [0.29, 0.717) is 21.9 Å². The summed E-state index contributed by atoms with van der Waals surface area (Å²) in [6.07, 6.45) is 1.90. The van der Waals surface area contributed by atoms with Crippen LogP contribution in [0.3, 0.4) is 0 Å². The summed E-state index contributed by atoms with van der Waals surface area (Å²) in [7, 11) is 0. The van der Waals surface area contributed by atoms with Crippen molar-refractivity contribution in [3.05, 3.63) is 33.8 Å². The standard InChI is InChI=1S/C12H11Cl2IN2O/c13-10-2-1-7(3-11(10)14)12-6-16-4-8(12)9(12)5-17-18-15/h1-3,5,8-9,16H,4,6H2/b17-5-. The van der Waals surface area contributed by atoms with E-state index in [1.54, 1.807) is 23.0 Å².